The number of aliphatic hydroxyl groups excluding tert-OH is 2. The average Bonchev–Trinajstić information content (AvgIpc) is 3.38. The number of piperidine rings is 1. The molecule has 1 saturated carbocycles. The third kappa shape index (κ3) is 4.14. The van der Waals surface area contributed by atoms with Crippen LogP contribution in [0.15, 0.2) is 36.8 Å². The number of nitrogens with one attached hydrogen (secondary N) is 1. The quantitative estimate of drug-likeness (QED) is 0.560. The molecule has 1 unspecified atom stereocenters. The van der Waals surface area contributed by atoms with E-state index in [-0.39, 0.29) is 30.1 Å². The van der Waals surface area contributed by atoms with Crippen molar-refractivity contribution >= 4 is 6.41 Å². The largest absolute Gasteiger partial charge is 0.393 e. The molecule has 5 N–H and O–H groups in total. The van der Waals surface area contributed by atoms with E-state index in [1.165, 1.54) is 11.1 Å². The first-order valence-electron chi connectivity index (χ1n) is 11.4. The van der Waals surface area contributed by atoms with Gasteiger partial charge in [0.1, 0.15) is 0 Å². The topological polar surface area (TPSA) is 113 Å². The molecule has 2 aliphatic heterocycles. The van der Waals surface area contributed by atoms with Crippen LogP contribution in [-0.4, -0.2) is 51.5 Å². The van der Waals surface area contributed by atoms with Crippen LogP contribution in [0.4, 0.5) is 0 Å². The number of amides is 1. The second-order valence-electron chi connectivity index (χ2n) is 9.17. The predicted octanol–water partition coefficient (Wildman–Crippen LogP) is 2.23. The fourth-order valence-corrected chi connectivity index (χ4v) is 6.18. The van der Waals surface area contributed by atoms with Crippen LogP contribution >= 0.6 is 0 Å². The molecule has 3 heterocycles. The van der Waals surface area contributed by atoms with Gasteiger partial charge in [-0.05, 0) is 69.5 Å². The molecule has 1 aliphatic carbocycles. The third-order valence-corrected chi connectivity index (χ3v) is 7.75. The number of primary amides is 1. The Morgan fingerprint density at radius 3 is 2.61 bits per heavy atom. The maximum absolute atomic E-state index is 11.7. The lowest BCUT2D eigenvalue weighted by atomic mass is 9.60. The van der Waals surface area contributed by atoms with Crippen LogP contribution in [0.5, 0.6) is 0 Å². The van der Waals surface area contributed by atoms with Gasteiger partial charge in [0, 0.05) is 11.0 Å². The van der Waals surface area contributed by atoms with Crippen LogP contribution < -0.4 is 11.1 Å². The van der Waals surface area contributed by atoms with Gasteiger partial charge in [0.25, 0.3) is 0 Å². The zero-order chi connectivity index (χ0) is 21.8. The summed E-state index contributed by atoms with van der Waals surface area (Å²) in [6.45, 7) is 1.96. The average molecular weight is 427 g/mol. The Morgan fingerprint density at radius 2 is 1.90 bits per heavy atom. The van der Waals surface area contributed by atoms with Crippen molar-refractivity contribution in [2.75, 3.05) is 13.1 Å². The molecule has 0 radical (unpaired) electrons. The molecule has 2 aromatic rings. The lowest BCUT2D eigenvalue weighted by Gasteiger charge is -2.49. The van der Waals surface area contributed by atoms with E-state index in [0.717, 1.165) is 63.7 Å². The molecule has 1 saturated heterocycles. The summed E-state index contributed by atoms with van der Waals surface area (Å²) < 4.78 is 2.24. The Kier molecular flexibility index (Phi) is 6.74. The number of hydrogen-bond donors (Lipinski definition) is 4. The van der Waals surface area contributed by atoms with E-state index in [9.17, 15) is 10.2 Å². The number of fused-ring (bicyclic) bond motifs is 3. The lowest BCUT2D eigenvalue weighted by molar-refractivity contribution is -0.106. The molecular formula is C24H34N4O3. The molecule has 5 rings (SSSR count). The maximum atomic E-state index is 11.7. The van der Waals surface area contributed by atoms with Crippen molar-refractivity contribution in [1.29, 1.82) is 0 Å². The van der Waals surface area contributed by atoms with Crippen LogP contribution in [0.2, 0.25) is 0 Å². The van der Waals surface area contributed by atoms with E-state index in [4.69, 9.17) is 4.79 Å². The van der Waals surface area contributed by atoms with Crippen molar-refractivity contribution in [3.63, 3.8) is 0 Å². The Balaban J connectivity index is 0.000000730. The Bertz CT molecular complexity index is 869. The molecule has 7 nitrogen and oxygen atoms in total. The molecule has 1 aromatic carbocycles. The number of benzene rings is 1. The van der Waals surface area contributed by atoms with E-state index in [0.29, 0.717) is 5.92 Å². The van der Waals surface area contributed by atoms with Crippen molar-refractivity contribution in [3.8, 4) is 11.3 Å². The number of imidazole rings is 1. The summed E-state index contributed by atoms with van der Waals surface area (Å²) in [5, 5.41) is 25.1. The number of carbonyl (C=O) groups is 1. The Hall–Kier alpha value is -2.22. The summed E-state index contributed by atoms with van der Waals surface area (Å²) in [7, 11) is 0. The van der Waals surface area contributed by atoms with Crippen molar-refractivity contribution in [2.24, 2.45) is 17.1 Å². The first kappa shape index (κ1) is 22.0. The molecule has 0 spiro atoms. The van der Waals surface area contributed by atoms with Gasteiger partial charge in [-0.3, -0.25) is 4.79 Å². The van der Waals surface area contributed by atoms with E-state index in [1.54, 1.807) is 0 Å². The van der Waals surface area contributed by atoms with Crippen molar-refractivity contribution in [2.45, 2.75) is 63.2 Å². The lowest BCUT2D eigenvalue weighted by Crippen LogP contribution is -2.50. The number of nitrogens with zero attached hydrogens (tertiary/aromatic N) is 2. The highest BCUT2D eigenvalue weighted by Crippen LogP contribution is 2.50. The van der Waals surface area contributed by atoms with E-state index in [1.807, 2.05) is 12.5 Å². The van der Waals surface area contributed by atoms with Gasteiger partial charge in [-0.1, -0.05) is 24.3 Å². The molecule has 2 fully saturated rings. The van der Waals surface area contributed by atoms with Gasteiger partial charge in [0.05, 0.1) is 36.5 Å². The minimum absolute atomic E-state index is 0.0380. The molecule has 1 amide bonds. The normalized spacial score (nSPS) is 27.4. The molecule has 1 aromatic heterocycles. The Labute approximate surface area is 183 Å². The highest BCUT2D eigenvalue weighted by Gasteiger charge is 2.47. The number of hydrogen-bond acceptors (Lipinski definition) is 5. The second-order valence-corrected chi connectivity index (χ2v) is 9.17. The maximum Gasteiger partial charge on any atom is 0.204 e. The summed E-state index contributed by atoms with van der Waals surface area (Å²) in [6, 6.07) is 8.70. The highest BCUT2D eigenvalue weighted by atomic mass is 16.3. The van der Waals surface area contributed by atoms with Crippen LogP contribution in [0.25, 0.3) is 11.3 Å². The second kappa shape index (κ2) is 9.51. The standard InChI is InChI=1S/C23H31N3O2.CH3NO/c27-17-7-5-16(6-8-17)23(9-11-24-12-10-23)22(28)13-20-18-3-1-2-4-19(18)21-14-25-15-26(20)21;2-1-3/h1-4,14-17,20,22,24,27-28H,5-13H2;1H,(H2,2,3)/t16?,17?,20?,22-;/m1./s1. The molecular weight excluding hydrogens is 392 g/mol. The number of aromatic nitrogens is 2. The molecule has 3 aliphatic rings. The summed E-state index contributed by atoms with van der Waals surface area (Å²) in [6.07, 6.45) is 10.2. The fourth-order valence-electron chi connectivity index (χ4n) is 6.18. The van der Waals surface area contributed by atoms with Crippen molar-refractivity contribution in [3.05, 3.63) is 42.4 Å². The molecule has 2 atom stereocenters. The fraction of sp³-hybridized carbons (Fsp3) is 0.583. The Morgan fingerprint density at radius 1 is 1.23 bits per heavy atom. The number of nitrogens with two attached hydrogens (primary N) is 1. The van der Waals surface area contributed by atoms with Crippen molar-refractivity contribution in [1.82, 2.24) is 14.9 Å². The molecule has 0 bridgehead atoms. The van der Waals surface area contributed by atoms with Gasteiger partial charge < -0.3 is 25.8 Å². The van der Waals surface area contributed by atoms with E-state index < -0.39 is 0 Å². The zero-order valence-corrected chi connectivity index (χ0v) is 18.0. The molecule has 31 heavy (non-hydrogen) atoms. The monoisotopic (exact) mass is 426 g/mol. The van der Waals surface area contributed by atoms with E-state index >= 15 is 0 Å². The number of rotatable bonds is 4. The van der Waals surface area contributed by atoms with Crippen LogP contribution in [0, 0.1) is 11.3 Å². The molecule has 168 valence electrons. The minimum Gasteiger partial charge on any atom is -0.393 e. The van der Waals surface area contributed by atoms with Crippen LogP contribution in [0.3, 0.4) is 0 Å². The zero-order valence-electron chi connectivity index (χ0n) is 18.0. The van der Waals surface area contributed by atoms with Gasteiger partial charge in [0.15, 0.2) is 0 Å². The van der Waals surface area contributed by atoms with Crippen LogP contribution in [0.1, 0.15) is 56.6 Å². The minimum atomic E-state index is -0.346. The SMILES string of the molecule is NC=O.OC1CCC(C2([C@H](O)CC3c4ccccc4-c4cncn43)CCNCC2)CC1. The van der Waals surface area contributed by atoms with Gasteiger partial charge in [-0.15, -0.1) is 0 Å². The predicted molar refractivity (Wildman–Crippen MR) is 119 cm³/mol. The summed E-state index contributed by atoms with van der Waals surface area (Å²) in [5.74, 6) is 0.506. The van der Waals surface area contributed by atoms with Gasteiger partial charge in [-0.25, -0.2) is 4.98 Å². The molecule has 7 heteroatoms. The first-order valence-corrected chi connectivity index (χ1v) is 11.4. The van der Waals surface area contributed by atoms with E-state index in [2.05, 4.69) is 44.9 Å². The first-order chi connectivity index (χ1) is 15.1. The summed E-state index contributed by atoms with van der Waals surface area (Å²) in [5.41, 5.74) is 7.84. The summed E-state index contributed by atoms with van der Waals surface area (Å²) >= 11 is 0. The third-order valence-electron chi connectivity index (χ3n) is 7.75. The highest BCUT2D eigenvalue weighted by molar-refractivity contribution is 5.68. The van der Waals surface area contributed by atoms with Crippen molar-refractivity contribution < 1.29 is 15.0 Å². The van der Waals surface area contributed by atoms with Gasteiger partial charge >= 0.3 is 0 Å². The van der Waals surface area contributed by atoms with Gasteiger partial charge in [-0.2, -0.15) is 0 Å². The van der Waals surface area contributed by atoms with Gasteiger partial charge in [0.2, 0.25) is 6.41 Å². The summed E-state index contributed by atoms with van der Waals surface area (Å²) in [4.78, 5) is 13.0. The number of aliphatic hydroxyl groups is 2. The smallest absolute Gasteiger partial charge is 0.204 e. The number of carbonyl (C=O) groups excluding carboxylic acids is 1. The van der Waals surface area contributed by atoms with Crippen LogP contribution in [-0.2, 0) is 4.79 Å².